The largest absolute Gasteiger partial charge is 0.463 e. The van der Waals surface area contributed by atoms with Crippen LogP contribution >= 0.6 is 11.6 Å². The van der Waals surface area contributed by atoms with Crippen molar-refractivity contribution >= 4 is 23.5 Å². The number of rotatable bonds is 6. The third-order valence-corrected chi connectivity index (χ3v) is 4.41. The van der Waals surface area contributed by atoms with Gasteiger partial charge in [-0.05, 0) is 38.3 Å². The Labute approximate surface area is 142 Å². The molecule has 0 saturated heterocycles. The highest BCUT2D eigenvalue weighted by atomic mass is 35.5. The molecule has 1 aromatic rings. The molecule has 23 heavy (non-hydrogen) atoms. The summed E-state index contributed by atoms with van der Waals surface area (Å²) in [5, 5.41) is 3.54. The van der Waals surface area contributed by atoms with Gasteiger partial charge in [-0.3, -0.25) is 9.59 Å². The lowest BCUT2D eigenvalue weighted by Gasteiger charge is -2.22. The molecular formula is C18H24ClNO3. The molecule has 126 valence electrons. The maximum atomic E-state index is 12.4. The number of hydrogen-bond acceptors (Lipinski definition) is 3. The normalized spacial score (nSPS) is 16.3. The van der Waals surface area contributed by atoms with E-state index in [9.17, 15) is 9.59 Å². The van der Waals surface area contributed by atoms with Crippen molar-refractivity contribution in [3.63, 3.8) is 0 Å². The van der Waals surface area contributed by atoms with E-state index < -0.39 is 6.04 Å². The first-order valence-electron chi connectivity index (χ1n) is 8.21. The van der Waals surface area contributed by atoms with Gasteiger partial charge in [-0.2, -0.15) is 0 Å². The van der Waals surface area contributed by atoms with Crippen molar-refractivity contribution in [1.29, 1.82) is 0 Å². The van der Waals surface area contributed by atoms with Gasteiger partial charge in [0, 0.05) is 10.9 Å². The van der Waals surface area contributed by atoms with Gasteiger partial charge in [-0.1, -0.05) is 42.6 Å². The Hall–Kier alpha value is -1.55. The van der Waals surface area contributed by atoms with Crippen molar-refractivity contribution in [1.82, 2.24) is 5.32 Å². The minimum atomic E-state index is -0.456. The molecule has 4 nitrogen and oxygen atoms in total. The van der Waals surface area contributed by atoms with E-state index in [2.05, 4.69) is 5.32 Å². The van der Waals surface area contributed by atoms with Crippen LogP contribution in [0.2, 0.25) is 5.02 Å². The van der Waals surface area contributed by atoms with Gasteiger partial charge in [0.15, 0.2) is 0 Å². The van der Waals surface area contributed by atoms with Gasteiger partial charge in [0.1, 0.15) is 0 Å². The number of amides is 1. The Morgan fingerprint density at radius 3 is 2.52 bits per heavy atom. The standard InChI is InChI=1S/C18H24ClNO3/c1-12(2)23-17(21)11-16(14-9-5-6-10-15(14)19)20-18(22)13-7-3-4-8-13/h5-6,9-10,12-13,16H,3-4,7-8,11H2,1-2H3,(H,20,22)/t16-/m1/s1. The monoisotopic (exact) mass is 337 g/mol. The molecule has 0 aromatic heterocycles. The molecular weight excluding hydrogens is 314 g/mol. The molecule has 1 N–H and O–H groups in total. The van der Waals surface area contributed by atoms with Crippen LogP contribution in [0.25, 0.3) is 0 Å². The zero-order valence-electron chi connectivity index (χ0n) is 13.7. The smallest absolute Gasteiger partial charge is 0.308 e. The number of esters is 1. The molecule has 1 saturated carbocycles. The zero-order chi connectivity index (χ0) is 16.8. The van der Waals surface area contributed by atoms with Gasteiger partial charge < -0.3 is 10.1 Å². The van der Waals surface area contributed by atoms with Crippen LogP contribution in [-0.4, -0.2) is 18.0 Å². The number of carbonyl (C=O) groups is 2. The van der Waals surface area contributed by atoms with E-state index in [0.717, 1.165) is 31.2 Å². The van der Waals surface area contributed by atoms with E-state index in [0.29, 0.717) is 5.02 Å². The molecule has 0 bridgehead atoms. The average molecular weight is 338 g/mol. The molecule has 1 aromatic carbocycles. The van der Waals surface area contributed by atoms with E-state index >= 15 is 0 Å². The van der Waals surface area contributed by atoms with E-state index in [1.165, 1.54) is 0 Å². The summed E-state index contributed by atoms with van der Waals surface area (Å²) in [7, 11) is 0. The predicted molar refractivity (Wildman–Crippen MR) is 90.1 cm³/mol. The number of hydrogen-bond donors (Lipinski definition) is 1. The number of halogens is 1. The van der Waals surface area contributed by atoms with Crippen LogP contribution in [-0.2, 0) is 14.3 Å². The van der Waals surface area contributed by atoms with Gasteiger partial charge in [-0.25, -0.2) is 0 Å². The molecule has 1 fully saturated rings. The van der Waals surface area contributed by atoms with Crippen molar-refractivity contribution in [3.05, 3.63) is 34.9 Å². The van der Waals surface area contributed by atoms with E-state index in [4.69, 9.17) is 16.3 Å². The molecule has 5 heteroatoms. The lowest BCUT2D eigenvalue weighted by atomic mass is 10.0. The number of carbonyl (C=O) groups excluding carboxylic acids is 2. The Morgan fingerprint density at radius 1 is 1.26 bits per heavy atom. The second-order valence-electron chi connectivity index (χ2n) is 6.31. The van der Waals surface area contributed by atoms with Gasteiger partial charge in [0.05, 0.1) is 18.6 Å². The summed E-state index contributed by atoms with van der Waals surface area (Å²) in [4.78, 5) is 24.5. The fraction of sp³-hybridized carbons (Fsp3) is 0.556. The molecule has 1 atom stereocenters. The van der Waals surface area contributed by atoms with Crippen molar-refractivity contribution in [2.24, 2.45) is 5.92 Å². The Bertz CT molecular complexity index is 553. The Balaban J connectivity index is 2.12. The van der Waals surface area contributed by atoms with Gasteiger partial charge in [0.25, 0.3) is 0 Å². The second-order valence-corrected chi connectivity index (χ2v) is 6.71. The zero-order valence-corrected chi connectivity index (χ0v) is 14.4. The molecule has 0 spiro atoms. The quantitative estimate of drug-likeness (QED) is 0.797. The van der Waals surface area contributed by atoms with Crippen LogP contribution in [0.15, 0.2) is 24.3 Å². The van der Waals surface area contributed by atoms with E-state index in [-0.39, 0.29) is 30.3 Å². The molecule has 1 aliphatic carbocycles. The Morgan fingerprint density at radius 2 is 1.91 bits per heavy atom. The average Bonchev–Trinajstić information content (AvgIpc) is 3.00. The third kappa shape index (κ3) is 5.24. The van der Waals surface area contributed by atoms with Crippen molar-refractivity contribution in [2.75, 3.05) is 0 Å². The summed E-state index contributed by atoms with van der Waals surface area (Å²) in [5.41, 5.74) is 0.751. The fourth-order valence-corrected chi connectivity index (χ4v) is 3.22. The highest BCUT2D eigenvalue weighted by Crippen LogP contribution is 2.29. The maximum absolute atomic E-state index is 12.4. The lowest BCUT2D eigenvalue weighted by Crippen LogP contribution is -2.34. The highest BCUT2D eigenvalue weighted by Gasteiger charge is 2.27. The van der Waals surface area contributed by atoms with E-state index in [1.807, 2.05) is 18.2 Å². The second kappa shape index (κ2) is 8.34. The topological polar surface area (TPSA) is 55.4 Å². The summed E-state index contributed by atoms with van der Waals surface area (Å²) in [6.07, 6.45) is 3.91. The van der Waals surface area contributed by atoms with Gasteiger partial charge >= 0.3 is 5.97 Å². The fourth-order valence-electron chi connectivity index (χ4n) is 2.95. The van der Waals surface area contributed by atoms with Crippen molar-refractivity contribution in [3.8, 4) is 0 Å². The SMILES string of the molecule is CC(C)OC(=O)C[C@@H](NC(=O)C1CCCC1)c1ccccc1Cl. The Kier molecular flexibility index (Phi) is 6.46. The first-order chi connectivity index (χ1) is 11.0. The molecule has 2 rings (SSSR count). The molecule has 1 aliphatic rings. The summed E-state index contributed by atoms with van der Waals surface area (Å²) in [6.45, 7) is 3.61. The first-order valence-corrected chi connectivity index (χ1v) is 8.59. The minimum Gasteiger partial charge on any atom is -0.463 e. The van der Waals surface area contributed by atoms with Crippen molar-refractivity contribution < 1.29 is 14.3 Å². The number of nitrogens with one attached hydrogen (secondary N) is 1. The van der Waals surface area contributed by atoms with Crippen molar-refractivity contribution in [2.45, 2.75) is 58.1 Å². The third-order valence-electron chi connectivity index (χ3n) is 4.06. The highest BCUT2D eigenvalue weighted by molar-refractivity contribution is 6.31. The maximum Gasteiger partial charge on any atom is 0.308 e. The van der Waals surface area contributed by atoms with Crippen LogP contribution in [0, 0.1) is 5.92 Å². The molecule has 0 heterocycles. The summed E-state index contributed by atoms with van der Waals surface area (Å²) >= 11 is 6.25. The van der Waals surface area contributed by atoms with Gasteiger partial charge in [-0.15, -0.1) is 0 Å². The van der Waals surface area contributed by atoms with E-state index in [1.54, 1.807) is 19.9 Å². The van der Waals surface area contributed by atoms with Crippen LogP contribution in [0.1, 0.15) is 57.6 Å². The molecule has 1 amide bonds. The van der Waals surface area contributed by atoms with Crippen LogP contribution < -0.4 is 5.32 Å². The van der Waals surface area contributed by atoms with Crippen LogP contribution in [0.4, 0.5) is 0 Å². The van der Waals surface area contributed by atoms with Crippen LogP contribution in [0.5, 0.6) is 0 Å². The summed E-state index contributed by atoms with van der Waals surface area (Å²) < 4.78 is 5.22. The molecule has 0 radical (unpaired) electrons. The van der Waals surface area contributed by atoms with Crippen LogP contribution in [0.3, 0.4) is 0 Å². The number of benzene rings is 1. The summed E-state index contributed by atoms with van der Waals surface area (Å²) in [6, 6.07) is 6.82. The minimum absolute atomic E-state index is 0.00441. The molecule has 0 aliphatic heterocycles. The lowest BCUT2D eigenvalue weighted by molar-refractivity contribution is -0.148. The van der Waals surface area contributed by atoms with Gasteiger partial charge in [0.2, 0.25) is 5.91 Å². The summed E-state index contributed by atoms with van der Waals surface area (Å²) in [5.74, 6) is -0.289. The molecule has 0 unspecified atom stereocenters. The predicted octanol–water partition coefficient (Wildman–Crippen LogP) is 4.03. The number of ether oxygens (including phenoxy) is 1. The first kappa shape index (κ1) is 17.8.